The minimum atomic E-state index is -4.40. The maximum Gasteiger partial charge on any atom is 0.416 e. The van der Waals surface area contributed by atoms with Crippen LogP contribution in [0.1, 0.15) is 31.4 Å². The number of halogens is 3. The monoisotopic (exact) mass is 332 g/mol. The molecule has 7 heteroatoms. The van der Waals surface area contributed by atoms with Gasteiger partial charge in [-0.1, -0.05) is 25.1 Å². The SMILES string of the molecule is CC[C@H]1O[C@@H]2OC(C)O[C@@H]2[C@H]1OCc1ccccc1C(F)(F)F. The topological polar surface area (TPSA) is 36.9 Å². The van der Waals surface area contributed by atoms with Crippen molar-refractivity contribution < 1.29 is 32.1 Å². The molecule has 0 amide bonds. The van der Waals surface area contributed by atoms with E-state index in [0.29, 0.717) is 6.42 Å². The van der Waals surface area contributed by atoms with E-state index < -0.39 is 36.5 Å². The number of alkyl halides is 3. The van der Waals surface area contributed by atoms with Crippen LogP contribution in [0.25, 0.3) is 0 Å². The molecular formula is C16H19F3O4. The van der Waals surface area contributed by atoms with Crippen molar-refractivity contribution in [2.24, 2.45) is 0 Å². The fraction of sp³-hybridized carbons (Fsp3) is 0.625. The molecule has 0 aliphatic carbocycles. The second-order valence-corrected chi connectivity index (χ2v) is 5.69. The van der Waals surface area contributed by atoms with Gasteiger partial charge in [0.2, 0.25) is 0 Å². The molecule has 0 N–H and O–H groups in total. The van der Waals surface area contributed by atoms with Crippen LogP contribution >= 0.6 is 0 Å². The minimum absolute atomic E-state index is 0.102. The van der Waals surface area contributed by atoms with E-state index in [4.69, 9.17) is 18.9 Å². The molecule has 0 bridgehead atoms. The zero-order valence-electron chi connectivity index (χ0n) is 12.9. The quantitative estimate of drug-likeness (QED) is 0.846. The minimum Gasteiger partial charge on any atom is -0.368 e. The van der Waals surface area contributed by atoms with Gasteiger partial charge < -0.3 is 18.9 Å². The van der Waals surface area contributed by atoms with Crippen molar-refractivity contribution in [3.05, 3.63) is 35.4 Å². The second-order valence-electron chi connectivity index (χ2n) is 5.69. The van der Waals surface area contributed by atoms with Crippen LogP contribution in [0.2, 0.25) is 0 Å². The molecule has 0 radical (unpaired) electrons. The summed E-state index contributed by atoms with van der Waals surface area (Å²) in [4.78, 5) is 0. The predicted octanol–water partition coefficient (Wildman–Crippen LogP) is 3.49. The molecule has 2 fully saturated rings. The molecule has 1 aromatic rings. The van der Waals surface area contributed by atoms with E-state index in [1.807, 2.05) is 6.92 Å². The van der Waals surface area contributed by atoms with E-state index in [9.17, 15) is 13.2 Å². The fourth-order valence-electron chi connectivity index (χ4n) is 3.03. The van der Waals surface area contributed by atoms with Crippen LogP contribution in [0.15, 0.2) is 24.3 Å². The molecule has 2 aliphatic heterocycles. The summed E-state index contributed by atoms with van der Waals surface area (Å²) in [5.74, 6) is 0. The highest BCUT2D eigenvalue weighted by molar-refractivity contribution is 5.29. The summed E-state index contributed by atoms with van der Waals surface area (Å²) in [5.41, 5.74) is -0.578. The van der Waals surface area contributed by atoms with Crippen LogP contribution in [0, 0.1) is 0 Å². The molecule has 1 unspecified atom stereocenters. The van der Waals surface area contributed by atoms with Crippen molar-refractivity contribution >= 4 is 0 Å². The summed E-state index contributed by atoms with van der Waals surface area (Å²) in [6.45, 7) is 3.52. The van der Waals surface area contributed by atoms with Crippen molar-refractivity contribution in [3.8, 4) is 0 Å². The number of fused-ring (bicyclic) bond motifs is 1. The highest BCUT2D eigenvalue weighted by Gasteiger charge is 2.51. The van der Waals surface area contributed by atoms with Gasteiger partial charge in [0.1, 0.15) is 12.2 Å². The summed E-state index contributed by atoms with van der Waals surface area (Å²) in [7, 11) is 0. The van der Waals surface area contributed by atoms with Crippen molar-refractivity contribution in [3.63, 3.8) is 0 Å². The molecule has 0 saturated carbocycles. The Bertz CT molecular complexity index is 548. The molecule has 4 nitrogen and oxygen atoms in total. The van der Waals surface area contributed by atoms with E-state index >= 15 is 0 Å². The summed E-state index contributed by atoms with van der Waals surface area (Å²) in [6, 6.07) is 5.41. The van der Waals surface area contributed by atoms with Gasteiger partial charge in [-0.2, -0.15) is 13.2 Å². The van der Waals surface area contributed by atoms with Crippen LogP contribution in [-0.4, -0.2) is 30.9 Å². The van der Waals surface area contributed by atoms with Crippen molar-refractivity contribution in [2.45, 2.75) is 63.9 Å². The van der Waals surface area contributed by atoms with E-state index in [1.165, 1.54) is 12.1 Å². The molecule has 128 valence electrons. The van der Waals surface area contributed by atoms with Crippen molar-refractivity contribution in [2.75, 3.05) is 0 Å². The zero-order valence-corrected chi connectivity index (χ0v) is 12.9. The lowest BCUT2D eigenvalue weighted by Crippen LogP contribution is -2.35. The number of ether oxygens (including phenoxy) is 4. The standard InChI is InChI=1S/C16H19F3O4/c1-3-12-13(14-15(23-12)22-9(2)21-14)20-8-10-6-4-5-7-11(10)16(17,18)19/h4-7,9,12-15H,3,8H2,1-2H3/t9?,12-,13+,14-,15+/m1/s1. The first-order chi connectivity index (χ1) is 10.9. The third-order valence-electron chi connectivity index (χ3n) is 4.10. The lowest BCUT2D eigenvalue weighted by molar-refractivity contribution is -0.168. The maximum absolute atomic E-state index is 13.0. The number of benzene rings is 1. The first-order valence-electron chi connectivity index (χ1n) is 7.63. The highest BCUT2D eigenvalue weighted by Crippen LogP contribution is 2.37. The largest absolute Gasteiger partial charge is 0.416 e. The molecule has 0 aromatic heterocycles. The number of rotatable bonds is 4. The molecule has 3 rings (SSSR count). The molecule has 2 saturated heterocycles. The van der Waals surface area contributed by atoms with Gasteiger partial charge in [0.05, 0.1) is 18.3 Å². The normalized spacial score (nSPS) is 33.9. The van der Waals surface area contributed by atoms with Gasteiger partial charge in [-0.15, -0.1) is 0 Å². The molecule has 2 heterocycles. The highest BCUT2D eigenvalue weighted by atomic mass is 19.4. The van der Waals surface area contributed by atoms with Crippen molar-refractivity contribution in [1.29, 1.82) is 0 Å². The van der Waals surface area contributed by atoms with E-state index in [1.54, 1.807) is 13.0 Å². The lowest BCUT2D eigenvalue weighted by Gasteiger charge is -2.22. The number of hydrogen-bond donors (Lipinski definition) is 0. The number of hydrogen-bond acceptors (Lipinski definition) is 4. The fourth-order valence-corrected chi connectivity index (χ4v) is 3.03. The summed E-state index contributed by atoms with van der Waals surface area (Å²) >= 11 is 0. The molecule has 2 aliphatic rings. The molecule has 0 spiro atoms. The van der Waals surface area contributed by atoms with Gasteiger partial charge in [-0.25, -0.2) is 0 Å². The third kappa shape index (κ3) is 3.38. The van der Waals surface area contributed by atoms with E-state index in [0.717, 1.165) is 6.07 Å². The molecule has 1 aromatic carbocycles. The molecule has 5 atom stereocenters. The molecule has 23 heavy (non-hydrogen) atoms. The Morgan fingerprint density at radius 3 is 2.57 bits per heavy atom. The Morgan fingerprint density at radius 1 is 1.13 bits per heavy atom. The van der Waals surface area contributed by atoms with Crippen molar-refractivity contribution in [1.82, 2.24) is 0 Å². The Kier molecular flexibility index (Phi) is 4.64. The average molecular weight is 332 g/mol. The summed E-state index contributed by atoms with van der Waals surface area (Å²) in [6.07, 6.45) is -5.77. The van der Waals surface area contributed by atoms with Crippen LogP contribution in [0.3, 0.4) is 0 Å². The second kappa shape index (κ2) is 6.39. The smallest absolute Gasteiger partial charge is 0.368 e. The predicted molar refractivity (Wildman–Crippen MR) is 74.4 cm³/mol. The first-order valence-corrected chi connectivity index (χ1v) is 7.63. The Morgan fingerprint density at radius 2 is 1.87 bits per heavy atom. The van der Waals surface area contributed by atoms with Gasteiger partial charge in [0, 0.05) is 0 Å². The Balaban J connectivity index is 1.72. The zero-order chi connectivity index (χ0) is 16.6. The van der Waals surface area contributed by atoms with E-state index in [-0.39, 0.29) is 18.3 Å². The van der Waals surface area contributed by atoms with Gasteiger partial charge in [0.25, 0.3) is 0 Å². The van der Waals surface area contributed by atoms with Crippen LogP contribution in [0.4, 0.5) is 13.2 Å². The first kappa shape index (κ1) is 16.7. The summed E-state index contributed by atoms with van der Waals surface area (Å²) < 4.78 is 61.7. The van der Waals surface area contributed by atoms with Gasteiger partial charge in [-0.3, -0.25) is 0 Å². The van der Waals surface area contributed by atoms with Crippen LogP contribution in [0.5, 0.6) is 0 Å². The third-order valence-corrected chi connectivity index (χ3v) is 4.10. The Hall–Kier alpha value is -1.15. The lowest BCUT2D eigenvalue weighted by atomic mass is 10.1. The van der Waals surface area contributed by atoms with Gasteiger partial charge >= 0.3 is 6.18 Å². The average Bonchev–Trinajstić information content (AvgIpc) is 3.00. The van der Waals surface area contributed by atoms with E-state index in [2.05, 4.69) is 0 Å². The Labute approximate surface area is 132 Å². The summed E-state index contributed by atoms with van der Waals surface area (Å²) in [5, 5.41) is 0. The molecular weight excluding hydrogens is 313 g/mol. The maximum atomic E-state index is 13.0. The van der Waals surface area contributed by atoms with Gasteiger partial charge in [-0.05, 0) is 25.0 Å². The van der Waals surface area contributed by atoms with Crippen LogP contribution in [-0.2, 0) is 31.7 Å². The van der Waals surface area contributed by atoms with Gasteiger partial charge in [0.15, 0.2) is 12.6 Å². The van der Waals surface area contributed by atoms with Crippen LogP contribution < -0.4 is 0 Å².